The average molecular weight is 377 g/mol. The summed E-state index contributed by atoms with van der Waals surface area (Å²) in [7, 11) is 1.68. The van der Waals surface area contributed by atoms with Gasteiger partial charge in [0.25, 0.3) is 0 Å². The van der Waals surface area contributed by atoms with Gasteiger partial charge in [-0.25, -0.2) is 4.42 Å². The minimum atomic E-state index is 0.832. The van der Waals surface area contributed by atoms with Crippen molar-refractivity contribution in [3.05, 3.63) is 96.6 Å². The molecular formula is C27H21O2+. The van der Waals surface area contributed by atoms with Crippen LogP contribution in [0.2, 0.25) is 0 Å². The molecule has 29 heavy (non-hydrogen) atoms. The molecule has 0 aliphatic heterocycles. The summed E-state index contributed by atoms with van der Waals surface area (Å²) in [6, 6.07) is 31.3. The van der Waals surface area contributed by atoms with Crippen LogP contribution in [0.25, 0.3) is 44.2 Å². The monoisotopic (exact) mass is 377 g/mol. The second-order valence-corrected chi connectivity index (χ2v) is 7.23. The number of hydrogen-bond donors (Lipinski definition) is 0. The summed E-state index contributed by atoms with van der Waals surface area (Å²) in [5.41, 5.74) is 5.54. The van der Waals surface area contributed by atoms with E-state index in [1.807, 2.05) is 30.3 Å². The summed E-state index contributed by atoms with van der Waals surface area (Å²) in [6.45, 7) is 2.16. The number of methoxy groups -OCH3 is 1. The van der Waals surface area contributed by atoms with E-state index in [9.17, 15) is 0 Å². The first kappa shape index (κ1) is 17.4. The van der Waals surface area contributed by atoms with E-state index in [-0.39, 0.29) is 0 Å². The summed E-state index contributed by atoms with van der Waals surface area (Å²) >= 11 is 0. The first-order valence-electron chi connectivity index (χ1n) is 9.73. The van der Waals surface area contributed by atoms with Gasteiger partial charge in [0.2, 0.25) is 0 Å². The number of aryl methyl sites for hydroxylation is 1. The highest BCUT2D eigenvalue weighted by Crippen LogP contribution is 2.38. The molecule has 0 atom stereocenters. The largest absolute Gasteiger partial charge is 0.497 e. The molecular weight excluding hydrogens is 356 g/mol. The van der Waals surface area contributed by atoms with Crippen LogP contribution in [0.3, 0.4) is 0 Å². The predicted octanol–water partition coefficient (Wildman–Crippen LogP) is 7.52. The van der Waals surface area contributed by atoms with Crippen molar-refractivity contribution >= 4 is 21.7 Å². The standard InChI is InChI=1S/C27H21O2/c1-18-16-25-24(19-8-4-3-5-9-19)17-26(20-12-14-21(28-2)15-13-20)29-27(25)23-11-7-6-10-22(18)23/h3-17H,1-2H3/q+1. The van der Waals surface area contributed by atoms with Crippen molar-refractivity contribution in [2.45, 2.75) is 6.92 Å². The predicted molar refractivity (Wildman–Crippen MR) is 120 cm³/mol. The molecule has 5 rings (SSSR count). The Labute approximate surface area is 170 Å². The van der Waals surface area contributed by atoms with Gasteiger partial charge in [-0.3, -0.25) is 0 Å². The molecule has 2 heteroatoms. The van der Waals surface area contributed by atoms with Gasteiger partial charge in [-0.1, -0.05) is 48.5 Å². The molecule has 4 aromatic carbocycles. The Morgan fingerprint density at radius 3 is 2.07 bits per heavy atom. The van der Waals surface area contributed by atoms with Gasteiger partial charge in [0.1, 0.15) is 5.75 Å². The molecule has 0 unspecified atom stereocenters. The van der Waals surface area contributed by atoms with Crippen molar-refractivity contribution in [1.29, 1.82) is 0 Å². The molecule has 0 fully saturated rings. The van der Waals surface area contributed by atoms with E-state index in [4.69, 9.17) is 9.15 Å². The normalized spacial score (nSPS) is 11.1. The molecule has 0 saturated carbocycles. The molecule has 0 N–H and O–H groups in total. The molecule has 1 heterocycles. The lowest BCUT2D eigenvalue weighted by Gasteiger charge is -2.07. The number of hydrogen-bond acceptors (Lipinski definition) is 1. The molecule has 0 radical (unpaired) electrons. The molecule has 0 spiro atoms. The number of ether oxygens (including phenoxy) is 1. The number of fused-ring (bicyclic) bond motifs is 3. The fraction of sp³-hybridized carbons (Fsp3) is 0.0741. The Morgan fingerprint density at radius 1 is 0.655 bits per heavy atom. The molecule has 0 bridgehead atoms. The molecule has 1 aromatic heterocycles. The zero-order valence-corrected chi connectivity index (χ0v) is 16.5. The van der Waals surface area contributed by atoms with E-state index in [2.05, 4.69) is 67.6 Å². The van der Waals surface area contributed by atoms with E-state index in [0.29, 0.717) is 0 Å². The smallest absolute Gasteiger partial charge is 0.369 e. The van der Waals surface area contributed by atoms with Crippen LogP contribution in [-0.2, 0) is 0 Å². The van der Waals surface area contributed by atoms with Crippen molar-refractivity contribution in [3.63, 3.8) is 0 Å². The van der Waals surface area contributed by atoms with Gasteiger partial charge in [0, 0.05) is 5.56 Å². The van der Waals surface area contributed by atoms with Crippen molar-refractivity contribution in [1.82, 2.24) is 0 Å². The highest BCUT2D eigenvalue weighted by Gasteiger charge is 2.23. The first-order chi connectivity index (χ1) is 14.2. The average Bonchev–Trinajstić information content (AvgIpc) is 2.79. The van der Waals surface area contributed by atoms with Gasteiger partial charge in [0.05, 0.1) is 29.5 Å². The van der Waals surface area contributed by atoms with E-state index < -0.39 is 0 Å². The summed E-state index contributed by atoms with van der Waals surface area (Å²) in [4.78, 5) is 0. The van der Waals surface area contributed by atoms with Gasteiger partial charge in [-0.2, -0.15) is 0 Å². The molecule has 5 aromatic rings. The van der Waals surface area contributed by atoms with Crippen molar-refractivity contribution in [2.75, 3.05) is 7.11 Å². The summed E-state index contributed by atoms with van der Waals surface area (Å²) in [5, 5.41) is 3.48. The lowest BCUT2D eigenvalue weighted by Crippen LogP contribution is -1.89. The number of rotatable bonds is 3. The third-order valence-electron chi connectivity index (χ3n) is 5.44. The van der Waals surface area contributed by atoms with Crippen molar-refractivity contribution in [2.24, 2.45) is 0 Å². The maximum Gasteiger partial charge on any atom is 0.369 e. The maximum atomic E-state index is 6.51. The second-order valence-electron chi connectivity index (χ2n) is 7.23. The summed E-state index contributed by atoms with van der Waals surface area (Å²) < 4.78 is 11.8. The Balaban J connectivity index is 1.87. The minimum Gasteiger partial charge on any atom is -0.497 e. The maximum absolute atomic E-state index is 6.51. The highest BCUT2D eigenvalue weighted by molar-refractivity contribution is 6.10. The van der Waals surface area contributed by atoms with Crippen LogP contribution >= 0.6 is 0 Å². The van der Waals surface area contributed by atoms with Gasteiger partial charge in [0.15, 0.2) is 0 Å². The van der Waals surface area contributed by atoms with Crippen LogP contribution in [0.4, 0.5) is 0 Å². The van der Waals surface area contributed by atoms with Crippen LogP contribution in [0, 0.1) is 6.92 Å². The molecule has 0 aliphatic carbocycles. The second kappa shape index (κ2) is 7.06. The topological polar surface area (TPSA) is 20.5 Å². The van der Waals surface area contributed by atoms with E-state index >= 15 is 0 Å². The fourth-order valence-corrected chi connectivity index (χ4v) is 3.94. The SMILES string of the molecule is COc1ccc(-c2cc(-c3ccccc3)c3cc(C)c4ccccc4c3[o+]2)cc1. The molecule has 140 valence electrons. The Kier molecular flexibility index (Phi) is 4.25. The number of benzene rings is 4. The van der Waals surface area contributed by atoms with Crippen molar-refractivity contribution < 1.29 is 9.15 Å². The van der Waals surface area contributed by atoms with Gasteiger partial charge in [-0.05, 0) is 59.8 Å². The molecule has 0 aliphatic rings. The van der Waals surface area contributed by atoms with E-state index in [0.717, 1.165) is 33.4 Å². The lowest BCUT2D eigenvalue weighted by atomic mass is 9.95. The van der Waals surface area contributed by atoms with Crippen LogP contribution in [0.15, 0.2) is 95.4 Å². The molecule has 0 saturated heterocycles. The highest BCUT2D eigenvalue weighted by atomic mass is 16.5. The quantitative estimate of drug-likeness (QED) is 0.239. The van der Waals surface area contributed by atoms with Gasteiger partial charge < -0.3 is 4.74 Å². The Bertz CT molecular complexity index is 1320. The van der Waals surface area contributed by atoms with Crippen molar-refractivity contribution in [3.8, 4) is 28.2 Å². The third kappa shape index (κ3) is 3.03. The van der Waals surface area contributed by atoms with Gasteiger partial charge >= 0.3 is 11.3 Å². The van der Waals surface area contributed by atoms with E-state index in [1.54, 1.807) is 7.11 Å². The Hall–Kier alpha value is -3.65. The van der Waals surface area contributed by atoms with Crippen LogP contribution in [0.5, 0.6) is 5.75 Å². The molecule has 0 amide bonds. The van der Waals surface area contributed by atoms with Crippen LogP contribution in [-0.4, -0.2) is 7.11 Å². The lowest BCUT2D eigenvalue weighted by molar-refractivity contribution is 0.415. The zero-order valence-electron chi connectivity index (χ0n) is 16.5. The Morgan fingerprint density at radius 2 is 1.34 bits per heavy atom. The van der Waals surface area contributed by atoms with Gasteiger partial charge in [-0.15, -0.1) is 0 Å². The minimum absolute atomic E-state index is 0.832. The third-order valence-corrected chi connectivity index (χ3v) is 5.44. The molecule has 2 nitrogen and oxygen atoms in total. The summed E-state index contributed by atoms with van der Waals surface area (Å²) in [5.74, 6) is 1.67. The van der Waals surface area contributed by atoms with Crippen LogP contribution < -0.4 is 4.74 Å². The van der Waals surface area contributed by atoms with Crippen LogP contribution in [0.1, 0.15) is 5.56 Å². The zero-order chi connectivity index (χ0) is 19.8. The fourth-order valence-electron chi connectivity index (χ4n) is 3.94. The first-order valence-corrected chi connectivity index (χ1v) is 9.73. The summed E-state index contributed by atoms with van der Waals surface area (Å²) in [6.07, 6.45) is 0. The van der Waals surface area contributed by atoms with E-state index in [1.165, 1.54) is 22.1 Å².